The highest BCUT2D eigenvalue weighted by atomic mass is 14.9. The molecule has 1 aromatic carbocycles. The average Bonchev–Trinajstić information content (AvgIpc) is 2.66. The van der Waals surface area contributed by atoms with E-state index in [4.69, 9.17) is 0 Å². The van der Waals surface area contributed by atoms with Gasteiger partial charge >= 0.3 is 0 Å². The van der Waals surface area contributed by atoms with Crippen molar-refractivity contribution in [3.8, 4) is 0 Å². The Morgan fingerprint density at radius 1 is 0.933 bits per heavy atom. The van der Waals surface area contributed by atoms with E-state index in [-0.39, 0.29) is 0 Å². The van der Waals surface area contributed by atoms with Gasteiger partial charge in [0.2, 0.25) is 0 Å². The smallest absolute Gasteiger partial charge is 0.0212 e. The molecule has 1 heterocycles. The second-order valence-electron chi connectivity index (χ2n) is 4.49. The third-order valence-electron chi connectivity index (χ3n) is 3.19. The summed E-state index contributed by atoms with van der Waals surface area (Å²) in [4.78, 5) is 0. The van der Waals surface area contributed by atoms with E-state index in [1.807, 2.05) is 0 Å². The Kier molecular flexibility index (Phi) is 3.42. The number of benzene rings is 1. The van der Waals surface area contributed by atoms with Crippen molar-refractivity contribution in [3.63, 3.8) is 0 Å². The van der Waals surface area contributed by atoms with Crippen LogP contribution in [0.3, 0.4) is 0 Å². The molecule has 0 saturated heterocycles. The summed E-state index contributed by atoms with van der Waals surface area (Å²) < 4.78 is 0. The van der Waals surface area contributed by atoms with Gasteiger partial charge in [0.05, 0.1) is 0 Å². The zero-order valence-electron chi connectivity index (χ0n) is 9.90. The van der Waals surface area contributed by atoms with Crippen LogP contribution in [0.1, 0.15) is 48.9 Å². The maximum absolute atomic E-state index is 3.43. The van der Waals surface area contributed by atoms with Crippen molar-refractivity contribution in [2.24, 2.45) is 0 Å². The molecule has 1 nitrogen and oxygen atoms in total. The van der Waals surface area contributed by atoms with Gasteiger partial charge in [0.15, 0.2) is 0 Å². The number of rotatable bonds is 4. The molecular formula is C14H21N. The van der Waals surface area contributed by atoms with E-state index in [2.05, 4.69) is 31.3 Å². The SMILES string of the molecule is CCCc1cc2c(cc1CCC)CNC2. The first-order valence-electron chi connectivity index (χ1n) is 6.19. The second-order valence-corrected chi connectivity index (χ2v) is 4.49. The Morgan fingerprint density at radius 3 is 1.80 bits per heavy atom. The molecule has 1 aliphatic heterocycles. The van der Waals surface area contributed by atoms with Gasteiger partial charge in [-0.2, -0.15) is 0 Å². The first kappa shape index (κ1) is 10.7. The molecule has 0 amide bonds. The van der Waals surface area contributed by atoms with Crippen molar-refractivity contribution < 1.29 is 0 Å². The van der Waals surface area contributed by atoms with E-state index in [1.165, 1.54) is 36.8 Å². The van der Waals surface area contributed by atoms with Gasteiger partial charge in [0.1, 0.15) is 0 Å². The molecule has 1 heteroatoms. The number of nitrogens with one attached hydrogen (secondary N) is 1. The summed E-state index contributed by atoms with van der Waals surface area (Å²) in [5.41, 5.74) is 6.22. The van der Waals surface area contributed by atoms with Crippen LogP contribution >= 0.6 is 0 Å². The molecule has 0 aliphatic carbocycles. The molecule has 2 rings (SSSR count). The van der Waals surface area contributed by atoms with Gasteiger partial charge in [0.25, 0.3) is 0 Å². The Bertz CT molecular complexity index is 308. The lowest BCUT2D eigenvalue weighted by Crippen LogP contribution is -1.99. The van der Waals surface area contributed by atoms with Crippen molar-refractivity contribution in [3.05, 3.63) is 34.4 Å². The van der Waals surface area contributed by atoms with Crippen LogP contribution in [0, 0.1) is 0 Å². The molecule has 0 saturated carbocycles. The van der Waals surface area contributed by atoms with Crippen molar-refractivity contribution in [1.82, 2.24) is 5.32 Å². The highest BCUT2D eigenvalue weighted by molar-refractivity contribution is 5.40. The maximum atomic E-state index is 3.43. The summed E-state index contributed by atoms with van der Waals surface area (Å²) in [6.45, 7) is 6.67. The minimum absolute atomic E-state index is 1.07. The predicted molar refractivity (Wildman–Crippen MR) is 65.0 cm³/mol. The summed E-state index contributed by atoms with van der Waals surface area (Å²) in [5, 5.41) is 3.43. The van der Waals surface area contributed by atoms with E-state index in [0.29, 0.717) is 0 Å². The molecule has 1 aliphatic rings. The molecule has 0 aromatic heterocycles. The standard InChI is InChI=1S/C14H21N/c1-3-5-11-7-13-9-15-10-14(13)8-12(11)6-4-2/h7-8,15H,3-6,9-10H2,1-2H3. The first-order valence-corrected chi connectivity index (χ1v) is 6.19. The van der Waals surface area contributed by atoms with Crippen LogP contribution in [0.4, 0.5) is 0 Å². The Hall–Kier alpha value is -0.820. The van der Waals surface area contributed by atoms with E-state index < -0.39 is 0 Å². The van der Waals surface area contributed by atoms with Crippen molar-refractivity contribution >= 4 is 0 Å². The van der Waals surface area contributed by atoms with Crippen LogP contribution in [0.25, 0.3) is 0 Å². The average molecular weight is 203 g/mol. The van der Waals surface area contributed by atoms with Gasteiger partial charge < -0.3 is 5.32 Å². The Labute approximate surface area is 92.9 Å². The lowest BCUT2D eigenvalue weighted by molar-refractivity contribution is 0.764. The molecule has 15 heavy (non-hydrogen) atoms. The van der Waals surface area contributed by atoms with E-state index in [1.54, 1.807) is 11.1 Å². The summed E-state index contributed by atoms with van der Waals surface area (Å²) in [5.74, 6) is 0. The fourth-order valence-electron chi connectivity index (χ4n) is 2.46. The van der Waals surface area contributed by atoms with E-state index in [9.17, 15) is 0 Å². The van der Waals surface area contributed by atoms with Crippen molar-refractivity contribution in [1.29, 1.82) is 0 Å². The minimum Gasteiger partial charge on any atom is -0.309 e. The number of hydrogen-bond acceptors (Lipinski definition) is 1. The van der Waals surface area contributed by atoms with Gasteiger partial charge in [0, 0.05) is 13.1 Å². The van der Waals surface area contributed by atoms with Gasteiger partial charge in [-0.1, -0.05) is 38.8 Å². The third-order valence-corrected chi connectivity index (χ3v) is 3.19. The fraction of sp³-hybridized carbons (Fsp3) is 0.571. The van der Waals surface area contributed by atoms with Gasteiger partial charge in [-0.3, -0.25) is 0 Å². The van der Waals surface area contributed by atoms with Crippen LogP contribution in [0.2, 0.25) is 0 Å². The lowest BCUT2D eigenvalue weighted by Gasteiger charge is -2.11. The second kappa shape index (κ2) is 4.80. The largest absolute Gasteiger partial charge is 0.309 e. The zero-order valence-corrected chi connectivity index (χ0v) is 9.90. The quantitative estimate of drug-likeness (QED) is 0.792. The topological polar surface area (TPSA) is 12.0 Å². The molecule has 1 N–H and O–H groups in total. The van der Waals surface area contributed by atoms with E-state index in [0.717, 1.165) is 13.1 Å². The summed E-state index contributed by atoms with van der Waals surface area (Å²) in [7, 11) is 0. The molecule has 1 aromatic rings. The summed E-state index contributed by atoms with van der Waals surface area (Å²) >= 11 is 0. The van der Waals surface area contributed by atoms with Crippen LogP contribution in [0.15, 0.2) is 12.1 Å². The van der Waals surface area contributed by atoms with Gasteiger partial charge in [-0.15, -0.1) is 0 Å². The van der Waals surface area contributed by atoms with Crippen LogP contribution in [-0.4, -0.2) is 0 Å². The highest BCUT2D eigenvalue weighted by Gasteiger charge is 2.13. The zero-order chi connectivity index (χ0) is 10.7. The predicted octanol–water partition coefficient (Wildman–Crippen LogP) is 3.19. The summed E-state index contributed by atoms with van der Waals surface area (Å²) in [6.07, 6.45) is 4.98. The Morgan fingerprint density at radius 2 is 1.40 bits per heavy atom. The highest BCUT2D eigenvalue weighted by Crippen LogP contribution is 2.23. The van der Waals surface area contributed by atoms with Crippen LogP contribution in [0.5, 0.6) is 0 Å². The molecule has 0 unspecified atom stereocenters. The number of aryl methyl sites for hydroxylation is 2. The molecule has 82 valence electrons. The first-order chi connectivity index (χ1) is 7.35. The molecule has 0 bridgehead atoms. The molecular weight excluding hydrogens is 182 g/mol. The molecule has 0 fully saturated rings. The maximum Gasteiger partial charge on any atom is 0.0212 e. The minimum atomic E-state index is 1.07. The van der Waals surface area contributed by atoms with Crippen LogP contribution < -0.4 is 5.32 Å². The van der Waals surface area contributed by atoms with Crippen LogP contribution in [-0.2, 0) is 25.9 Å². The van der Waals surface area contributed by atoms with Crippen molar-refractivity contribution in [2.45, 2.75) is 52.6 Å². The van der Waals surface area contributed by atoms with Gasteiger partial charge in [-0.25, -0.2) is 0 Å². The van der Waals surface area contributed by atoms with E-state index >= 15 is 0 Å². The monoisotopic (exact) mass is 203 g/mol. The fourth-order valence-corrected chi connectivity index (χ4v) is 2.46. The molecule has 0 radical (unpaired) electrons. The summed E-state index contributed by atoms with van der Waals surface area (Å²) in [6, 6.07) is 4.87. The molecule has 0 spiro atoms. The molecule has 0 atom stereocenters. The van der Waals surface area contributed by atoms with Crippen molar-refractivity contribution in [2.75, 3.05) is 0 Å². The number of hydrogen-bond donors (Lipinski definition) is 1. The third kappa shape index (κ3) is 2.23. The number of fused-ring (bicyclic) bond motifs is 1. The normalized spacial score (nSPS) is 14.3. The lowest BCUT2D eigenvalue weighted by atomic mass is 9.94. The van der Waals surface area contributed by atoms with Gasteiger partial charge in [-0.05, 0) is 35.1 Å². The Balaban J connectivity index is 2.33.